The smallest absolute Gasteiger partial charge is 0.314 e. The fourth-order valence-corrected chi connectivity index (χ4v) is 3.16. The van der Waals surface area contributed by atoms with E-state index < -0.39 is 36.4 Å². The summed E-state index contributed by atoms with van der Waals surface area (Å²) in [7, 11) is -3.89. The molecule has 0 aliphatic carbocycles. The second kappa shape index (κ2) is 6.52. The number of halogens is 3. The van der Waals surface area contributed by atoms with Crippen LogP contribution in [-0.4, -0.2) is 13.2 Å². The Morgan fingerprint density at radius 2 is 1.74 bits per heavy atom. The molecule has 108 valence electrons. The summed E-state index contributed by atoms with van der Waals surface area (Å²) in [6, 6.07) is 1.05. The second-order valence-corrected chi connectivity index (χ2v) is 5.76. The molecule has 0 saturated heterocycles. The van der Waals surface area contributed by atoms with Crippen LogP contribution in [0.25, 0.3) is 0 Å². The van der Waals surface area contributed by atoms with E-state index in [0.29, 0.717) is 12.1 Å². The predicted molar refractivity (Wildman–Crippen MR) is 64.1 cm³/mol. The standard InChI is InChI=1S/C11H15F3NO3P/c1-3-17-19(16,18-4-2)11(15)8-5-7(12)6-9(13)10(8)14/h5-6,11H,3-4,15H2,1-2H3/t11-/m1/s1. The summed E-state index contributed by atoms with van der Waals surface area (Å²) in [6.45, 7) is 3.09. The van der Waals surface area contributed by atoms with Crippen molar-refractivity contribution in [2.75, 3.05) is 13.2 Å². The summed E-state index contributed by atoms with van der Waals surface area (Å²) in [5, 5.41) is 0. The number of benzene rings is 1. The molecule has 1 rings (SSSR count). The summed E-state index contributed by atoms with van der Waals surface area (Å²) >= 11 is 0. The van der Waals surface area contributed by atoms with Gasteiger partial charge in [0.2, 0.25) is 0 Å². The minimum Gasteiger partial charge on any atom is -0.314 e. The molecule has 0 radical (unpaired) electrons. The largest absolute Gasteiger partial charge is 0.351 e. The van der Waals surface area contributed by atoms with Crippen LogP contribution in [0.3, 0.4) is 0 Å². The average molecular weight is 297 g/mol. The molecule has 0 heterocycles. The Morgan fingerprint density at radius 1 is 1.21 bits per heavy atom. The molecule has 0 bridgehead atoms. The van der Waals surface area contributed by atoms with E-state index in [1.54, 1.807) is 13.8 Å². The summed E-state index contributed by atoms with van der Waals surface area (Å²) in [6.07, 6.45) is 0. The molecule has 0 saturated carbocycles. The van der Waals surface area contributed by atoms with Gasteiger partial charge in [0.05, 0.1) is 13.2 Å². The molecule has 1 atom stereocenters. The molecule has 0 aliphatic rings. The third kappa shape index (κ3) is 3.57. The highest BCUT2D eigenvalue weighted by atomic mass is 31.2. The van der Waals surface area contributed by atoms with Crippen LogP contribution in [0.4, 0.5) is 13.2 Å². The molecule has 1 aromatic rings. The summed E-state index contributed by atoms with van der Waals surface area (Å²) in [5.41, 5.74) is 5.02. The summed E-state index contributed by atoms with van der Waals surface area (Å²) in [5.74, 6) is -5.40. The van der Waals surface area contributed by atoms with Gasteiger partial charge in [-0.15, -0.1) is 0 Å². The quantitative estimate of drug-likeness (QED) is 0.646. The number of hydrogen-bond acceptors (Lipinski definition) is 4. The van der Waals surface area contributed by atoms with Gasteiger partial charge >= 0.3 is 7.60 Å². The molecule has 0 aliphatic heterocycles. The van der Waals surface area contributed by atoms with Crippen molar-refractivity contribution in [1.82, 2.24) is 0 Å². The lowest BCUT2D eigenvalue weighted by Crippen LogP contribution is -2.17. The van der Waals surface area contributed by atoms with Gasteiger partial charge in [0.1, 0.15) is 11.6 Å². The molecule has 1 aromatic carbocycles. The van der Waals surface area contributed by atoms with E-state index in [2.05, 4.69) is 0 Å². The van der Waals surface area contributed by atoms with Crippen molar-refractivity contribution in [3.05, 3.63) is 35.1 Å². The van der Waals surface area contributed by atoms with Crippen LogP contribution < -0.4 is 5.73 Å². The minimum absolute atomic E-state index is 0.00436. The Morgan fingerprint density at radius 3 is 2.21 bits per heavy atom. The van der Waals surface area contributed by atoms with Crippen molar-refractivity contribution in [3.8, 4) is 0 Å². The van der Waals surface area contributed by atoms with E-state index in [1.165, 1.54) is 0 Å². The monoisotopic (exact) mass is 297 g/mol. The fraction of sp³-hybridized carbons (Fsp3) is 0.455. The molecule has 0 unspecified atom stereocenters. The number of rotatable bonds is 6. The van der Waals surface area contributed by atoms with E-state index >= 15 is 0 Å². The lowest BCUT2D eigenvalue weighted by atomic mass is 10.2. The molecule has 0 spiro atoms. The van der Waals surface area contributed by atoms with Crippen LogP contribution in [0.5, 0.6) is 0 Å². The zero-order chi connectivity index (χ0) is 14.6. The Balaban J connectivity index is 3.24. The van der Waals surface area contributed by atoms with Crippen molar-refractivity contribution in [3.63, 3.8) is 0 Å². The molecule has 2 N–H and O–H groups in total. The van der Waals surface area contributed by atoms with Gasteiger partial charge in [-0.3, -0.25) is 4.57 Å². The zero-order valence-corrected chi connectivity index (χ0v) is 11.4. The maximum atomic E-state index is 13.6. The Hall–Kier alpha value is -0.880. The predicted octanol–water partition coefficient (Wildman–Crippen LogP) is 3.33. The SMILES string of the molecule is CCOP(=O)(OCC)[C@@H](N)c1cc(F)cc(F)c1F. The van der Waals surface area contributed by atoms with Crippen molar-refractivity contribution < 1.29 is 26.8 Å². The Kier molecular flexibility index (Phi) is 5.55. The average Bonchev–Trinajstić information content (AvgIpc) is 2.33. The topological polar surface area (TPSA) is 61.5 Å². The van der Waals surface area contributed by atoms with Crippen molar-refractivity contribution in [2.24, 2.45) is 5.73 Å². The molecular weight excluding hydrogens is 282 g/mol. The van der Waals surface area contributed by atoms with Gasteiger partial charge in [-0.25, -0.2) is 13.2 Å². The van der Waals surface area contributed by atoms with Gasteiger partial charge in [-0.05, 0) is 19.9 Å². The Bertz CT molecular complexity index is 488. The van der Waals surface area contributed by atoms with Gasteiger partial charge in [0.15, 0.2) is 11.6 Å². The van der Waals surface area contributed by atoms with Crippen LogP contribution >= 0.6 is 7.60 Å². The molecule has 8 heteroatoms. The highest BCUT2D eigenvalue weighted by molar-refractivity contribution is 7.54. The van der Waals surface area contributed by atoms with Crippen LogP contribution in [0.1, 0.15) is 25.2 Å². The van der Waals surface area contributed by atoms with Gasteiger partial charge < -0.3 is 14.8 Å². The highest BCUT2D eigenvalue weighted by Crippen LogP contribution is 2.58. The van der Waals surface area contributed by atoms with Crippen LogP contribution in [0.15, 0.2) is 12.1 Å². The molecule has 4 nitrogen and oxygen atoms in total. The maximum absolute atomic E-state index is 13.6. The van der Waals surface area contributed by atoms with Crippen LogP contribution in [0, 0.1) is 17.5 Å². The number of hydrogen-bond donors (Lipinski definition) is 1. The molecular formula is C11H15F3NO3P. The van der Waals surface area contributed by atoms with Gasteiger partial charge in [0.25, 0.3) is 0 Å². The molecule has 0 fully saturated rings. The van der Waals surface area contributed by atoms with Crippen molar-refractivity contribution in [1.29, 1.82) is 0 Å². The third-order valence-electron chi connectivity index (χ3n) is 2.30. The zero-order valence-electron chi connectivity index (χ0n) is 10.5. The second-order valence-electron chi connectivity index (χ2n) is 3.61. The lowest BCUT2D eigenvalue weighted by molar-refractivity contribution is 0.211. The molecule has 0 aromatic heterocycles. The van der Waals surface area contributed by atoms with Gasteiger partial charge in [-0.1, -0.05) is 0 Å². The van der Waals surface area contributed by atoms with E-state index in [-0.39, 0.29) is 13.2 Å². The minimum atomic E-state index is -3.89. The van der Waals surface area contributed by atoms with E-state index in [0.717, 1.165) is 0 Å². The summed E-state index contributed by atoms with van der Waals surface area (Å²) < 4.78 is 61.9. The van der Waals surface area contributed by atoms with Gasteiger partial charge in [0, 0.05) is 11.6 Å². The van der Waals surface area contributed by atoms with Crippen LogP contribution in [-0.2, 0) is 13.6 Å². The molecule has 19 heavy (non-hydrogen) atoms. The van der Waals surface area contributed by atoms with E-state index in [4.69, 9.17) is 14.8 Å². The third-order valence-corrected chi connectivity index (χ3v) is 4.49. The highest BCUT2D eigenvalue weighted by Gasteiger charge is 2.36. The number of nitrogens with two attached hydrogens (primary N) is 1. The van der Waals surface area contributed by atoms with Crippen molar-refractivity contribution in [2.45, 2.75) is 19.6 Å². The Labute approximate surface area is 109 Å². The van der Waals surface area contributed by atoms with Crippen LogP contribution in [0.2, 0.25) is 0 Å². The first kappa shape index (κ1) is 16.2. The first-order valence-electron chi connectivity index (χ1n) is 5.64. The molecule has 0 amide bonds. The van der Waals surface area contributed by atoms with Crippen molar-refractivity contribution >= 4 is 7.60 Å². The van der Waals surface area contributed by atoms with E-state index in [9.17, 15) is 17.7 Å². The maximum Gasteiger partial charge on any atom is 0.351 e. The normalized spacial score (nSPS) is 13.6. The van der Waals surface area contributed by atoms with Gasteiger partial charge in [-0.2, -0.15) is 0 Å². The summed E-state index contributed by atoms with van der Waals surface area (Å²) in [4.78, 5) is 0. The van der Waals surface area contributed by atoms with E-state index in [1.807, 2.05) is 0 Å². The fourth-order valence-electron chi connectivity index (χ4n) is 1.52. The lowest BCUT2D eigenvalue weighted by Gasteiger charge is -2.23. The first-order chi connectivity index (χ1) is 8.85. The first-order valence-corrected chi connectivity index (χ1v) is 7.25.